The van der Waals surface area contributed by atoms with Crippen LogP contribution in [-0.2, 0) is 16.1 Å². The van der Waals surface area contributed by atoms with Gasteiger partial charge in [0.15, 0.2) is 0 Å². The topological polar surface area (TPSA) is 68.2 Å². The first-order valence-electron chi connectivity index (χ1n) is 10.9. The number of piperidine rings is 1. The summed E-state index contributed by atoms with van der Waals surface area (Å²) in [4.78, 5) is 14.1. The fourth-order valence-electron chi connectivity index (χ4n) is 3.59. The Hall–Kier alpha value is -2.86. The predicted octanol–water partition coefficient (Wildman–Crippen LogP) is 4.51. The van der Waals surface area contributed by atoms with E-state index >= 15 is 0 Å². The molecule has 3 aromatic rings. The summed E-state index contributed by atoms with van der Waals surface area (Å²) in [5.41, 5.74) is 5.81. The minimum Gasteiger partial charge on any atom is -0.462 e. The van der Waals surface area contributed by atoms with E-state index in [1.807, 2.05) is 33.2 Å². The van der Waals surface area contributed by atoms with Gasteiger partial charge < -0.3 is 19.9 Å². The van der Waals surface area contributed by atoms with Crippen LogP contribution in [0, 0.1) is 6.92 Å². The van der Waals surface area contributed by atoms with Gasteiger partial charge in [-0.15, -0.1) is 0 Å². The van der Waals surface area contributed by atoms with E-state index < -0.39 is 0 Å². The highest BCUT2D eigenvalue weighted by Gasteiger charge is 2.14. The number of aromatic nitrogens is 2. The first-order valence-corrected chi connectivity index (χ1v) is 10.9. The van der Waals surface area contributed by atoms with E-state index in [0.717, 1.165) is 25.2 Å². The van der Waals surface area contributed by atoms with Gasteiger partial charge in [0.2, 0.25) is 0 Å². The molecule has 2 aromatic carbocycles. The van der Waals surface area contributed by atoms with Gasteiger partial charge in [-0.2, -0.15) is 0 Å². The molecule has 0 amide bonds. The van der Waals surface area contributed by atoms with Gasteiger partial charge in [-0.05, 0) is 83.0 Å². The average Bonchev–Trinajstić information content (AvgIpc) is 3.14. The Morgan fingerprint density at radius 1 is 1.19 bits per heavy atom. The number of hydrogen-bond acceptors (Lipinski definition) is 5. The van der Waals surface area contributed by atoms with Gasteiger partial charge in [0.1, 0.15) is 5.60 Å². The van der Waals surface area contributed by atoms with Crippen molar-refractivity contribution in [1.82, 2.24) is 14.9 Å². The standard InChI is InChI=1S/C20H24N4.C5H10O2/c1-15-6-7-16(12-19(15)23-17-8-10-21-11-9-17)13-24-14-22-18-4-2-3-5-20(18)24;1-5(2,3)7-4-6/h2-7,12,14,17,21,23H,8-11,13H2,1H3;4H,1-3H3. The first-order chi connectivity index (χ1) is 14.9. The van der Waals surface area contributed by atoms with E-state index in [2.05, 4.69) is 68.2 Å². The zero-order valence-corrected chi connectivity index (χ0v) is 19.0. The molecule has 0 atom stereocenters. The first kappa shape index (κ1) is 22.8. The number of para-hydroxylation sites is 2. The van der Waals surface area contributed by atoms with Crippen molar-refractivity contribution in [2.45, 2.75) is 58.7 Å². The quantitative estimate of drug-likeness (QED) is 0.592. The Morgan fingerprint density at radius 3 is 2.61 bits per heavy atom. The second kappa shape index (κ2) is 10.4. The molecule has 1 aliphatic rings. The van der Waals surface area contributed by atoms with Crippen molar-refractivity contribution in [2.75, 3.05) is 18.4 Å². The summed E-state index contributed by atoms with van der Waals surface area (Å²) >= 11 is 0. The summed E-state index contributed by atoms with van der Waals surface area (Å²) in [5.74, 6) is 0. The molecule has 0 radical (unpaired) electrons. The van der Waals surface area contributed by atoms with E-state index in [1.54, 1.807) is 0 Å². The van der Waals surface area contributed by atoms with Crippen molar-refractivity contribution in [2.24, 2.45) is 0 Å². The summed E-state index contributed by atoms with van der Waals surface area (Å²) in [6, 6.07) is 15.6. The van der Waals surface area contributed by atoms with Crippen molar-refractivity contribution < 1.29 is 9.53 Å². The molecule has 6 heteroatoms. The molecule has 31 heavy (non-hydrogen) atoms. The van der Waals surface area contributed by atoms with Crippen molar-refractivity contribution in [3.63, 3.8) is 0 Å². The summed E-state index contributed by atoms with van der Waals surface area (Å²) in [5, 5.41) is 7.16. The van der Waals surface area contributed by atoms with E-state index in [1.165, 1.54) is 35.2 Å². The Labute approximate surface area is 185 Å². The fraction of sp³-hybridized carbons (Fsp3) is 0.440. The van der Waals surface area contributed by atoms with Crippen molar-refractivity contribution in [3.8, 4) is 0 Å². The number of aryl methyl sites for hydroxylation is 1. The van der Waals surface area contributed by atoms with Crippen LogP contribution in [0.2, 0.25) is 0 Å². The lowest BCUT2D eigenvalue weighted by atomic mass is 10.0. The zero-order chi connectivity index (χ0) is 22.3. The largest absolute Gasteiger partial charge is 0.462 e. The summed E-state index contributed by atoms with van der Waals surface area (Å²) in [6.07, 6.45) is 4.32. The van der Waals surface area contributed by atoms with Gasteiger partial charge in [0.25, 0.3) is 6.47 Å². The number of nitrogens with zero attached hydrogens (tertiary/aromatic N) is 2. The molecule has 4 rings (SSSR count). The molecule has 166 valence electrons. The fourth-order valence-corrected chi connectivity index (χ4v) is 3.59. The number of carbonyl (C=O) groups is 1. The number of fused-ring (bicyclic) bond motifs is 1. The number of hydrogen-bond donors (Lipinski definition) is 2. The Bertz CT molecular complexity index is 985. The minimum atomic E-state index is -0.318. The average molecular weight is 423 g/mol. The summed E-state index contributed by atoms with van der Waals surface area (Å²) < 4.78 is 6.77. The summed E-state index contributed by atoms with van der Waals surface area (Å²) in [7, 11) is 0. The second-order valence-electron chi connectivity index (χ2n) is 9.01. The maximum Gasteiger partial charge on any atom is 0.293 e. The molecule has 0 aliphatic carbocycles. The maximum absolute atomic E-state index is 9.60. The van der Waals surface area contributed by atoms with Crippen LogP contribution in [0.1, 0.15) is 44.7 Å². The van der Waals surface area contributed by atoms with E-state index in [0.29, 0.717) is 12.5 Å². The molecule has 0 saturated carbocycles. The molecule has 1 aromatic heterocycles. The molecule has 0 unspecified atom stereocenters. The molecule has 1 saturated heterocycles. The Balaban J connectivity index is 0.000000339. The second-order valence-corrected chi connectivity index (χ2v) is 9.01. The molecule has 2 heterocycles. The molecule has 6 nitrogen and oxygen atoms in total. The maximum atomic E-state index is 9.60. The molecule has 0 spiro atoms. The van der Waals surface area contributed by atoms with E-state index in [4.69, 9.17) is 0 Å². The van der Waals surface area contributed by atoms with Gasteiger partial charge in [-0.25, -0.2) is 4.98 Å². The smallest absolute Gasteiger partial charge is 0.293 e. The third-order valence-corrected chi connectivity index (χ3v) is 5.28. The summed E-state index contributed by atoms with van der Waals surface area (Å²) in [6.45, 7) is 11.2. The highest BCUT2D eigenvalue weighted by Crippen LogP contribution is 2.22. The molecule has 1 fully saturated rings. The highest BCUT2D eigenvalue weighted by molar-refractivity contribution is 5.75. The molecular weight excluding hydrogens is 388 g/mol. The highest BCUT2D eigenvalue weighted by atomic mass is 16.5. The van der Waals surface area contributed by atoms with Crippen LogP contribution in [0.5, 0.6) is 0 Å². The number of anilines is 1. The molecular formula is C25H34N4O2. The molecule has 1 aliphatic heterocycles. The van der Waals surface area contributed by atoms with E-state index in [-0.39, 0.29) is 5.60 Å². The van der Waals surface area contributed by atoms with Crippen molar-refractivity contribution in [1.29, 1.82) is 0 Å². The van der Waals surface area contributed by atoms with Gasteiger partial charge >= 0.3 is 0 Å². The van der Waals surface area contributed by atoms with Crippen LogP contribution in [-0.4, -0.2) is 40.8 Å². The third kappa shape index (κ3) is 6.82. The predicted molar refractivity (Wildman–Crippen MR) is 126 cm³/mol. The SMILES string of the molecule is CC(C)(C)OC=O.Cc1ccc(Cn2cnc3ccccc32)cc1NC1CCNCC1. The van der Waals surface area contributed by atoms with Crippen LogP contribution in [0.15, 0.2) is 48.8 Å². The molecule has 2 N–H and O–H groups in total. The Kier molecular flexibility index (Phi) is 7.69. The van der Waals surface area contributed by atoms with Crippen LogP contribution in [0.25, 0.3) is 11.0 Å². The van der Waals surface area contributed by atoms with Crippen LogP contribution >= 0.6 is 0 Å². The van der Waals surface area contributed by atoms with Crippen molar-refractivity contribution in [3.05, 3.63) is 59.9 Å². The lowest BCUT2D eigenvalue weighted by Crippen LogP contribution is -2.35. The number of rotatable bonds is 5. The number of imidazole rings is 1. The van der Waals surface area contributed by atoms with Gasteiger partial charge in [0.05, 0.1) is 17.4 Å². The lowest BCUT2D eigenvalue weighted by molar-refractivity contribution is -0.138. The number of benzene rings is 2. The van der Waals surface area contributed by atoms with Gasteiger partial charge in [0, 0.05) is 18.3 Å². The monoisotopic (exact) mass is 422 g/mol. The zero-order valence-electron chi connectivity index (χ0n) is 19.0. The normalized spacial score (nSPS) is 14.6. The third-order valence-electron chi connectivity index (χ3n) is 5.28. The lowest BCUT2D eigenvalue weighted by Gasteiger charge is -2.25. The minimum absolute atomic E-state index is 0.318. The Morgan fingerprint density at radius 2 is 1.94 bits per heavy atom. The van der Waals surface area contributed by atoms with Crippen LogP contribution in [0.4, 0.5) is 5.69 Å². The van der Waals surface area contributed by atoms with Gasteiger partial charge in [-0.3, -0.25) is 4.79 Å². The molecule has 0 bridgehead atoms. The number of carbonyl (C=O) groups excluding carboxylic acids is 1. The number of nitrogens with one attached hydrogen (secondary N) is 2. The van der Waals surface area contributed by atoms with Crippen molar-refractivity contribution >= 4 is 23.2 Å². The van der Waals surface area contributed by atoms with Crippen LogP contribution < -0.4 is 10.6 Å². The van der Waals surface area contributed by atoms with Gasteiger partial charge in [-0.1, -0.05) is 24.3 Å². The number of ether oxygens (including phenoxy) is 1. The van der Waals surface area contributed by atoms with E-state index in [9.17, 15) is 4.79 Å². The van der Waals surface area contributed by atoms with Crippen LogP contribution in [0.3, 0.4) is 0 Å².